The van der Waals surface area contributed by atoms with E-state index in [1.165, 1.54) is 29.7 Å². The predicted molar refractivity (Wildman–Crippen MR) is 157 cm³/mol. The highest BCUT2D eigenvalue weighted by molar-refractivity contribution is 5.78. The summed E-state index contributed by atoms with van der Waals surface area (Å²) in [6.07, 6.45) is 7.75. The number of aryl methyl sites for hydroxylation is 2. The molecule has 3 aromatic heterocycles. The summed E-state index contributed by atoms with van der Waals surface area (Å²) in [6.45, 7) is 11.9. The number of aromatic nitrogens is 5. The standard InChI is InChI=1S/C32H39N7O/c1-19(21-5-6-21)33-17-29-37-26-9-10-32(3,4)15-25(26)31(38-29)39-11-12-40-28-8-7-22(13-24(28)18-39)23-14-27-30(34-16-23)36-20(2)35-27/h7-8,13-14,16,19,21,33H,5-6,9-12,15,17-18H2,1-4H3,(H,34,35,36). The van der Waals surface area contributed by atoms with Crippen LogP contribution in [0, 0.1) is 18.3 Å². The van der Waals surface area contributed by atoms with Crippen LogP contribution in [0.2, 0.25) is 0 Å². The van der Waals surface area contributed by atoms with E-state index in [0.29, 0.717) is 12.6 Å². The predicted octanol–water partition coefficient (Wildman–Crippen LogP) is 5.53. The molecule has 208 valence electrons. The van der Waals surface area contributed by atoms with E-state index in [1.807, 2.05) is 13.1 Å². The minimum atomic E-state index is 0.245. The fourth-order valence-electron chi connectivity index (χ4n) is 6.27. The maximum Gasteiger partial charge on any atom is 0.177 e. The van der Waals surface area contributed by atoms with E-state index < -0.39 is 0 Å². The van der Waals surface area contributed by atoms with Gasteiger partial charge in [-0.3, -0.25) is 0 Å². The molecule has 3 aliphatic rings. The first-order chi connectivity index (χ1) is 19.3. The van der Waals surface area contributed by atoms with Gasteiger partial charge in [-0.25, -0.2) is 19.9 Å². The molecule has 0 spiro atoms. The zero-order valence-electron chi connectivity index (χ0n) is 24.0. The molecule has 0 radical (unpaired) electrons. The molecule has 1 fully saturated rings. The summed E-state index contributed by atoms with van der Waals surface area (Å²) in [6, 6.07) is 9.11. The molecule has 1 saturated carbocycles. The van der Waals surface area contributed by atoms with Crippen LogP contribution < -0.4 is 15.0 Å². The van der Waals surface area contributed by atoms with Crippen molar-refractivity contribution in [1.29, 1.82) is 0 Å². The lowest BCUT2D eigenvalue weighted by Gasteiger charge is -2.34. The van der Waals surface area contributed by atoms with Gasteiger partial charge in [0.05, 0.1) is 18.6 Å². The molecule has 8 heteroatoms. The number of benzene rings is 1. The summed E-state index contributed by atoms with van der Waals surface area (Å²) in [7, 11) is 0. The van der Waals surface area contributed by atoms with Crippen LogP contribution in [-0.4, -0.2) is 44.1 Å². The first-order valence-corrected chi connectivity index (χ1v) is 14.8. The van der Waals surface area contributed by atoms with Crippen molar-refractivity contribution in [3.05, 3.63) is 58.9 Å². The molecule has 1 unspecified atom stereocenters. The molecular weight excluding hydrogens is 498 g/mol. The van der Waals surface area contributed by atoms with E-state index >= 15 is 0 Å². The summed E-state index contributed by atoms with van der Waals surface area (Å²) >= 11 is 0. The molecule has 1 atom stereocenters. The Hall–Kier alpha value is -3.52. The van der Waals surface area contributed by atoms with Gasteiger partial charge in [0.15, 0.2) is 5.65 Å². The average molecular weight is 538 g/mol. The Morgan fingerprint density at radius 1 is 1.15 bits per heavy atom. The lowest BCUT2D eigenvalue weighted by atomic mass is 9.76. The first-order valence-electron chi connectivity index (χ1n) is 14.8. The van der Waals surface area contributed by atoms with Crippen molar-refractivity contribution >= 4 is 17.0 Å². The Bertz CT molecular complexity index is 1570. The van der Waals surface area contributed by atoms with Gasteiger partial charge in [-0.2, -0.15) is 0 Å². The summed E-state index contributed by atoms with van der Waals surface area (Å²) in [5.41, 5.74) is 7.85. The van der Waals surface area contributed by atoms with Crippen LogP contribution >= 0.6 is 0 Å². The van der Waals surface area contributed by atoms with E-state index in [4.69, 9.17) is 14.7 Å². The van der Waals surface area contributed by atoms with Gasteiger partial charge in [0.2, 0.25) is 0 Å². The van der Waals surface area contributed by atoms with Crippen LogP contribution in [0.15, 0.2) is 30.5 Å². The van der Waals surface area contributed by atoms with Crippen LogP contribution in [0.4, 0.5) is 5.82 Å². The molecule has 0 bridgehead atoms. The highest BCUT2D eigenvalue weighted by Gasteiger charge is 2.32. The van der Waals surface area contributed by atoms with E-state index in [1.54, 1.807) is 0 Å². The van der Waals surface area contributed by atoms with Crippen LogP contribution in [0.25, 0.3) is 22.3 Å². The number of imidazole rings is 1. The molecule has 0 saturated heterocycles. The van der Waals surface area contributed by atoms with E-state index in [0.717, 1.165) is 90.3 Å². The van der Waals surface area contributed by atoms with Gasteiger partial charge in [0.1, 0.15) is 29.8 Å². The largest absolute Gasteiger partial charge is 0.491 e. The minimum absolute atomic E-state index is 0.245. The number of rotatable bonds is 6. The second-order valence-electron chi connectivity index (χ2n) is 12.7. The highest BCUT2D eigenvalue weighted by Crippen LogP contribution is 2.39. The molecule has 1 aliphatic heterocycles. The van der Waals surface area contributed by atoms with Gasteiger partial charge in [-0.15, -0.1) is 0 Å². The number of fused-ring (bicyclic) bond motifs is 3. The van der Waals surface area contributed by atoms with Crippen LogP contribution in [0.5, 0.6) is 5.75 Å². The lowest BCUT2D eigenvalue weighted by molar-refractivity contribution is 0.310. The number of hydrogen-bond donors (Lipinski definition) is 2. The van der Waals surface area contributed by atoms with Crippen molar-refractivity contribution in [3.63, 3.8) is 0 Å². The molecule has 4 aromatic rings. The van der Waals surface area contributed by atoms with E-state index in [9.17, 15) is 0 Å². The monoisotopic (exact) mass is 537 g/mol. The lowest BCUT2D eigenvalue weighted by Crippen LogP contribution is -2.33. The molecule has 0 amide bonds. The maximum atomic E-state index is 6.26. The van der Waals surface area contributed by atoms with Gasteiger partial charge >= 0.3 is 0 Å². The Labute approximate surface area is 236 Å². The number of anilines is 1. The zero-order chi connectivity index (χ0) is 27.4. The third-order valence-electron chi connectivity index (χ3n) is 8.85. The average Bonchev–Trinajstić information content (AvgIpc) is 3.74. The second kappa shape index (κ2) is 9.84. The van der Waals surface area contributed by atoms with Crippen LogP contribution in [0.1, 0.15) is 68.5 Å². The number of hydrogen-bond acceptors (Lipinski definition) is 7. The van der Waals surface area contributed by atoms with Gasteiger partial charge < -0.3 is 19.9 Å². The number of H-pyrrole nitrogens is 1. The number of ether oxygens (including phenoxy) is 1. The molecule has 2 N–H and O–H groups in total. The Balaban J connectivity index is 1.22. The van der Waals surface area contributed by atoms with Crippen molar-refractivity contribution < 1.29 is 4.74 Å². The molecule has 4 heterocycles. The smallest absolute Gasteiger partial charge is 0.177 e. The topological polar surface area (TPSA) is 91.9 Å². The van der Waals surface area contributed by atoms with Crippen molar-refractivity contribution in [3.8, 4) is 16.9 Å². The molecule has 1 aromatic carbocycles. The van der Waals surface area contributed by atoms with E-state index in [-0.39, 0.29) is 5.41 Å². The van der Waals surface area contributed by atoms with Gasteiger partial charge in [-0.05, 0) is 81.0 Å². The highest BCUT2D eigenvalue weighted by atomic mass is 16.5. The normalized spacial score (nSPS) is 19.1. The summed E-state index contributed by atoms with van der Waals surface area (Å²) < 4.78 is 6.26. The van der Waals surface area contributed by atoms with Crippen molar-refractivity contribution in [2.75, 3.05) is 18.1 Å². The van der Waals surface area contributed by atoms with Crippen LogP contribution in [0.3, 0.4) is 0 Å². The molecule has 2 aliphatic carbocycles. The number of aromatic amines is 1. The maximum absolute atomic E-state index is 6.26. The van der Waals surface area contributed by atoms with Crippen molar-refractivity contribution in [1.82, 2.24) is 30.2 Å². The first kappa shape index (κ1) is 25.4. The summed E-state index contributed by atoms with van der Waals surface area (Å²) in [5, 5.41) is 3.70. The van der Waals surface area contributed by atoms with Gasteiger partial charge in [-0.1, -0.05) is 19.9 Å². The van der Waals surface area contributed by atoms with E-state index in [2.05, 4.69) is 70.2 Å². The Kier molecular flexibility index (Phi) is 6.26. The zero-order valence-corrected chi connectivity index (χ0v) is 24.0. The van der Waals surface area contributed by atoms with Crippen molar-refractivity contribution in [2.45, 2.75) is 78.9 Å². The molecular formula is C32H39N7O. The minimum Gasteiger partial charge on any atom is -0.491 e. The third kappa shape index (κ3) is 5.05. The number of pyridine rings is 1. The van der Waals surface area contributed by atoms with Crippen LogP contribution in [-0.2, 0) is 25.9 Å². The summed E-state index contributed by atoms with van der Waals surface area (Å²) in [4.78, 5) is 25.1. The fourth-order valence-corrected chi connectivity index (χ4v) is 6.27. The SMILES string of the molecule is Cc1nc2ncc(-c3ccc4c(c3)CN(c3nc(CNC(C)C5CC5)nc5c3CC(C)(C)CC5)CCO4)cc2[nH]1. The molecule has 7 rings (SSSR count). The second-order valence-corrected chi connectivity index (χ2v) is 12.7. The molecule has 40 heavy (non-hydrogen) atoms. The van der Waals surface area contributed by atoms with Crippen molar-refractivity contribution in [2.24, 2.45) is 11.3 Å². The van der Waals surface area contributed by atoms with Gasteiger partial charge in [0.25, 0.3) is 0 Å². The Morgan fingerprint density at radius 3 is 2.88 bits per heavy atom. The third-order valence-corrected chi connectivity index (χ3v) is 8.85. The van der Waals surface area contributed by atoms with Gasteiger partial charge in [0, 0.05) is 41.2 Å². The summed E-state index contributed by atoms with van der Waals surface area (Å²) in [5.74, 6) is 4.63. The number of nitrogens with one attached hydrogen (secondary N) is 2. The number of nitrogens with zero attached hydrogens (tertiary/aromatic N) is 5. The molecule has 8 nitrogen and oxygen atoms in total. The fraction of sp³-hybridized carbons (Fsp3) is 0.500. The quantitative estimate of drug-likeness (QED) is 0.334. The Morgan fingerprint density at radius 2 is 2.02 bits per heavy atom.